The normalized spacial score (nSPS) is 10.2. The van der Waals surface area contributed by atoms with Gasteiger partial charge in [0.05, 0.1) is 10.3 Å². The second-order valence-electron chi connectivity index (χ2n) is 3.30. The van der Waals surface area contributed by atoms with E-state index in [-0.39, 0.29) is 17.0 Å². The van der Waals surface area contributed by atoms with Crippen LogP contribution in [-0.2, 0) is 6.54 Å². The molecule has 2 aromatic rings. The van der Waals surface area contributed by atoms with Crippen LogP contribution in [0.15, 0.2) is 39.0 Å². The number of hydrogen-bond acceptors (Lipinski definition) is 3. The third-order valence-corrected chi connectivity index (χ3v) is 3.74. The lowest BCUT2D eigenvalue weighted by atomic mass is 10.2. The van der Waals surface area contributed by atoms with Gasteiger partial charge in [0.15, 0.2) is 0 Å². The van der Waals surface area contributed by atoms with Crippen LogP contribution in [0.1, 0.15) is 15.2 Å². The molecule has 0 aliphatic carbocycles. The first-order chi connectivity index (χ1) is 8.16. The Bertz CT molecular complexity index is 591. The van der Waals surface area contributed by atoms with Gasteiger partial charge in [0.2, 0.25) is 0 Å². The minimum Gasteiger partial charge on any atom is -0.347 e. The summed E-state index contributed by atoms with van der Waals surface area (Å²) in [4.78, 5) is 26.5. The largest absolute Gasteiger partial charge is 0.347 e. The molecule has 0 saturated heterocycles. The number of aromatic amines is 1. The van der Waals surface area contributed by atoms with E-state index in [1.54, 1.807) is 17.4 Å². The van der Waals surface area contributed by atoms with E-state index in [0.717, 1.165) is 8.66 Å². The van der Waals surface area contributed by atoms with Crippen molar-refractivity contribution in [2.75, 3.05) is 0 Å². The molecule has 0 radical (unpaired) electrons. The highest BCUT2D eigenvalue weighted by molar-refractivity contribution is 9.11. The Morgan fingerprint density at radius 3 is 2.88 bits per heavy atom. The number of H-pyrrole nitrogens is 1. The molecule has 0 unspecified atom stereocenters. The Balaban J connectivity index is 2.03. The van der Waals surface area contributed by atoms with Gasteiger partial charge in [-0.2, -0.15) is 0 Å². The summed E-state index contributed by atoms with van der Waals surface area (Å²) in [6.45, 7) is 0.420. The standard InChI is InChI=1S/C11H9BrN2O2S/c12-9-4-3-7(17-9)6-14-11(16)8-2-1-5-13-10(8)15/h1-5H,6H2,(H,13,15)(H,14,16). The van der Waals surface area contributed by atoms with E-state index >= 15 is 0 Å². The molecule has 0 aliphatic heterocycles. The number of nitrogens with one attached hydrogen (secondary N) is 2. The molecule has 0 spiro atoms. The van der Waals surface area contributed by atoms with Crippen molar-refractivity contribution in [2.24, 2.45) is 0 Å². The maximum absolute atomic E-state index is 11.7. The fraction of sp³-hybridized carbons (Fsp3) is 0.0909. The number of carbonyl (C=O) groups is 1. The lowest BCUT2D eigenvalue weighted by molar-refractivity contribution is 0.0950. The van der Waals surface area contributed by atoms with Gasteiger partial charge in [-0.1, -0.05) is 0 Å². The molecule has 0 aromatic carbocycles. The zero-order valence-electron chi connectivity index (χ0n) is 8.70. The Labute approximate surface area is 110 Å². The first-order valence-corrected chi connectivity index (χ1v) is 6.48. The summed E-state index contributed by atoms with van der Waals surface area (Å²) in [5.74, 6) is -0.364. The Morgan fingerprint density at radius 1 is 1.41 bits per heavy atom. The summed E-state index contributed by atoms with van der Waals surface area (Å²) in [6, 6.07) is 6.96. The number of aromatic nitrogens is 1. The van der Waals surface area contributed by atoms with Gasteiger partial charge < -0.3 is 10.3 Å². The van der Waals surface area contributed by atoms with Crippen LogP contribution >= 0.6 is 27.3 Å². The minimum atomic E-state index is -0.377. The van der Waals surface area contributed by atoms with Crippen molar-refractivity contribution in [3.05, 3.63) is 55.0 Å². The third kappa shape index (κ3) is 3.04. The molecular formula is C11H9BrN2O2S. The smallest absolute Gasteiger partial charge is 0.260 e. The van der Waals surface area contributed by atoms with Crippen LogP contribution in [-0.4, -0.2) is 10.9 Å². The van der Waals surface area contributed by atoms with Crippen LogP contribution in [0.3, 0.4) is 0 Å². The third-order valence-electron chi connectivity index (χ3n) is 2.11. The van der Waals surface area contributed by atoms with Crippen molar-refractivity contribution < 1.29 is 4.79 Å². The van der Waals surface area contributed by atoms with Gasteiger partial charge in [0.1, 0.15) is 5.56 Å². The molecule has 17 heavy (non-hydrogen) atoms. The summed E-state index contributed by atoms with van der Waals surface area (Å²) < 4.78 is 1.01. The van der Waals surface area contributed by atoms with Crippen molar-refractivity contribution in [2.45, 2.75) is 6.54 Å². The molecule has 4 nitrogen and oxygen atoms in total. The minimum absolute atomic E-state index is 0.128. The van der Waals surface area contributed by atoms with Crippen molar-refractivity contribution in [1.82, 2.24) is 10.3 Å². The van der Waals surface area contributed by atoms with Crippen LogP contribution in [0, 0.1) is 0 Å². The van der Waals surface area contributed by atoms with E-state index in [1.165, 1.54) is 12.3 Å². The van der Waals surface area contributed by atoms with Crippen LogP contribution in [0.25, 0.3) is 0 Å². The zero-order chi connectivity index (χ0) is 12.3. The Hall–Kier alpha value is -1.40. The summed E-state index contributed by atoms with van der Waals surface area (Å²) in [7, 11) is 0. The monoisotopic (exact) mass is 312 g/mol. The van der Waals surface area contributed by atoms with Crippen LogP contribution in [0.2, 0.25) is 0 Å². The van der Waals surface area contributed by atoms with Crippen LogP contribution in [0.4, 0.5) is 0 Å². The van der Waals surface area contributed by atoms with E-state index in [4.69, 9.17) is 0 Å². The lowest BCUT2D eigenvalue weighted by Crippen LogP contribution is -2.28. The van der Waals surface area contributed by atoms with Crippen LogP contribution in [0.5, 0.6) is 0 Å². The van der Waals surface area contributed by atoms with Gasteiger partial charge in [-0.25, -0.2) is 0 Å². The second-order valence-corrected chi connectivity index (χ2v) is 5.85. The number of halogens is 1. The fourth-order valence-corrected chi connectivity index (χ4v) is 2.73. The Morgan fingerprint density at radius 2 is 2.24 bits per heavy atom. The average molecular weight is 313 g/mol. The van der Waals surface area contributed by atoms with E-state index in [9.17, 15) is 9.59 Å². The molecule has 88 valence electrons. The van der Waals surface area contributed by atoms with Gasteiger partial charge in [-0.3, -0.25) is 9.59 Å². The molecule has 2 aromatic heterocycles. The zero-order valence-corrected chi connectivity index (χ0v) is 11.1. The predicted octanol–water partition coefficient (Wildman–Crippen LogP) is 2.13. The number of carbonyl (C=O) groups excluding carboxylic acids is 1. The van der Waals surface area contributed by atoms with Crippen molar-refractivity contribution in [1.29, 1.82) is 0 Å². The van der Waals surface area contributed by atoms with E-state index < -0.39 is 0 Å². The lowest BCUT2D eigenvalue weighted by Gasteiger charge is -2.02. The van der Waals surface area contributed by atoms with Gasteiger partial charge in [-0.05, 0) is 40.2 Å². The predicted molar refractivity (Wildman–Crippen MR) is 70.3 cm³/mol. The molecule has 2 N–H and O–H groups in total. The molecular weight excluding hydrogens is 304 g/mol. The van der Waals surface area contributed by atoms with Crippen molar-refractivity contribution in [3.8, 4) is 0 Å². The summed E-state index contributed by atoms with van der Waals surface area (Å²) in [5.41, 5.74) is -0.250. The summed E-state index contributed by atoms with van der Waals surface area (Å²) in [5, 5.41) is 2.70. The summed E-state index contributed by atoms with van der Waals surface area (Å²) >= 11 is 4.89. The molecule has 0 aliphatic rings. The SMILES string of the molecule is O=C(NCc1ccc(Br)s1)c1ccc[nH]c1=O. The van der Waals surface area contributed by atoms with Crippen molar-refractivity contribution in [3.63, 3.8) is 0 Å². The number of thiophene rings is 1. The Kier molecular flexibility index (Phi) is 3.75. The average Bonchev–Trinajstić information content (AvgIpc) is 2.73. The quantitative estimate of drug-likeness (QED) is 0.912. The number of hydrogen-bond donors (Lipinski definition) is 2. The fourth-order valence-electron chi connectivity index (χ4n) is 1.31. The van der Waals surface area contributed by atoms with Gasteiger partial charge in [-0.15, -0.1) is 11.3 Å². The highest BCUT2D eigenvalue weighted by Gasteiger charge is 2.09. The number of rotatable bonds is 3. The maximum Gasteiger partial charge on any atom is 0.260 e. The molecule has 0 atom stereocenters. The summed E-state index contributed by atoms with van der Waals surface area (Å²) in [6.07, 6.45) is 1.50. The molecule has 0 bridgehead atoms. The molecule has 2 heterocycles. The number of pyridine rings is 1. The topological polar surface area (TPSA) is 62.0 Å². The molecule has 0 saturated carbocycles. The molecule has 0 fully saturated rings. The highest BCUT2D eigenvalue weighted by atomic mass is 79.9. The number of amides is 1. The van der Waals surface area contributed by atoms with E-state index in [1.807, 2.05) is 12.1 Å². The van der Waals surface area contributed by atoms with Gasteiger partial charge in [0, 0.05) is 11.1 Å². The molecule has 2 rings (SSSR count). The van der Waals surface area contributed by atoms with Crippen LogP contribution < -0.4 is 10.9 Å². The first-order valence-electron chi connectivity index (χ1n) is 4.87. The van der Waals surface area contributed by atoms with E-state index in [2.05, 4.69) is 26.2 Å². The highest BCUT2D eigenvalue weighted by Crippen LogP contribution is 2.21. The first kappa shape index (κ1) is 12.1. The molecule has 1 amide bonds. The van der Waals surface area contributed by atoms with E-state index in [0.29, 0.717) is 6.54 Å². The second kappa shape index (κ2) is 5.29. The van der Waals surface area contributed by atoms with Gasteiger partial charge >= 0.3 is 0 Å². The van der Waals surface area contributed by atoms with Gasteiger partial charge in [0.25, 0.3) is 11.5 Å². The maximum atomic E-state index is 11.7. The molecule has 6 heteroatoms. The van der Waals surface area contributed by atoms with Crippen molar-refractivity contribution >= 4 is 33.2 Å².